The Labute approximate surface area is 118 Å². The molecule has 0 aliphatic rings. The molecule has 19 heavy (non-hydrogen) atoms. The van der Waals surface area contributed by atoms with E-state index < -0.39 is 0 Å². The minimum absolute atomic E-state index is 0.606. The van der Waals surface area contributed by atoms with E-state index in [2.05, 4.69) is 44.7 Å². The van der Waals surface area contributed by atoms with Crippen molar-refractivity contribution in [3.8, 4) is 6.07 Å². The van der Waals surface area contributed by atoms with Crippen LogP contribution in [0.1, 0.15) is 51.7 Å². The van der Waals surface area contributed by atoms with E-state index in [1.54, 1.807) is 0 Å². The molecule has 0 N–H and O–H groups in total. The summed E-state index contributed by atoms with van der Waals surface area (Å²) in [4.78, 5) is 2.53. The third-order valence-electron chi connectivity index (χ3n) is 3.57. The lowest BCUT2D eigenvalue weighted by molar-refractivity contribution is 0.157. The van der Waals surface area contributed by atoms with Crippen LogP contribution in [0.5, 0.6) is 0 Å². The van der Waals surface area contributed by atoms with Crippen molar-refractivity contribution in [2.24, 2.45) is 5.92 Å². The molecule has 0 saturated heterocycles. The molecule has 104 valence electrons. The molecule has 0 radical (unpaired) electrons. The van der Waals surface area contributed by atoms with Gasteiger partial charge in [-0.15, -0.1) is 0 Å². The molecule has 1 rings (SSSR count). The van der Waals surface area contributed by atoms with E-state index in [-0.39, 0.29) is 0 Å². The van der Waals surface area contributed by atoms with Gasteiger partial charge in [-0.1, -0.05) is 45.9 Å². The van der Waals surface area contributed by atoms with Crippen LogP contribution >= 0.6 is 0 Å². The van der Waals surface area contributed by atoms with Crippen molar-refractivity contribution >= 4 is 0 Å². The lowest BCUT2D eigenvalue weighted by Gasteiger charge is -2.32. The summed E-state index contributed by atoms with van der Waals surface area (Å²) in [7, 11) is 0. The fourth-order valence-electron chi connectivity index (χ4n) is 2.60. The highest BCUT2D eigenvalue weighted by molar-refractivity contribution is 5.37. The number of hydrogen-bond acceptors (Lipinski definition) is 2. The lowest BCUT2D eigenvalue weighted by Crippen LogP contribution is -2.36. The van der Waals surface area contributed by atoms with E-state index in [0.717, 1.165) is 37.1 Å². The van der Waals surface area contributed by atoms with Gasteiger partial charge in [0.05, 0.1) is 11.6 Å². The number of nitriles is 1. The van der Waals surface area contributed by atoms with E-state index in [1.165, 1.54) is 0 Å². The first kappa shape index (κ1) is 15.7. The summed E-state index contributed by atoms with van der Waals surface area (Å²) in [6.07, 6.45) is 2.33. The Morgan fingerprint density at radius 3 is 2.32 bits per heavy atom. The zero-order chi connectivity index (χ0) is 14.3. The molecular formula is C17H26N2. The smallest absolute Gasteiger partial charge is 0.0995 e. The SMILES string of the molecule is CCC(CC)N(Cc1ccccc1C#N)CC(C)C. The standard InChI is InChI=1S/C17H26N2/c1-5-17(6-2)19(12-14(3)4)13-16-10-8-7-9-15(16)11-18/h7-10,14,17H,5-6,12-13H2,1-4H3. The zero-order valence-electron chi connectivity index (χ0n) is 12.7. The summed E-state index contributed by atoms with van der Waals surface area (Å²) in [6.45, 7) is 11.0. The minimum Gasteiger partial charge on any atom is -0.296 e. The Bertz CT molecular complexity index is 414. The topological polar surface area (TPSA) is 27.0 Å². The molecule has 0 fully saturated rings. The first-order valence-electron chi connectivity index (χ1n) is 7.34. The quantitative estimate of drug-likeness (QED) is 0.732. The maximum absolute atomic E-state index is 9.20. The summed E-state index contributed by atoms with van der Waals surface area (Å²) in [5.74, 6) is 0.648. The highest BCUT2D eigenvalue weighted by atomic mass is 15.2. The molecular weight excluding hydrogens is 232 g/mol. The van der Waals surface area contributed by atoms with E-state index >= 15 is 0 Å². The fourth-order valence-corrected chi connectivity index (χ4v) is 2.60. The Hall–Kier alpha value is -1.33. The maximum Gasteiger partial charge on any atom is 0.0995 e. The largest absolute Gasteiger partial charge is 0.296 e. The number of nitrogens with zero attached hydrogens (tertiary/aromatic N) is 2. The first-order valence-corrected chi connectivity index (χ1v) is 7.34. The van der Waals surface area contributed by atoms with Crippen molar-refractivity contribution < 1.29 is 0 Å². The van der Waals surface area contributed by atoms with Gasteiger partial charge in [-0.25, -0.2) is 0 Å². The lowest BCUT2D eigenvalue weighted by atomic mass is 10.0. The molecule has 0 heterocycles. The molecule has 0 amide bonds. The Morgan fingerprint density at radius 1 is 1.16 bits per heavy atom. The van der Waals surface area contributed by atoms with Gasteiger partial charge < -0.3 is 0 Å². The monoisotopic (exact) mass is 258 g/mol. The van der Waals surface area contributed by atoms with Gasteiger partial charge in [-0.05, 0) is 30.4 Å². The maximum atomic E-state index is 9.20. The molecule has 0 saturated carbocycles. The summed E-state index contributed by atoms with van der Waals surface area (Å²) >= 11 is 0. The summed E-state index contributed by atoms with van der Waals surface area (Å²) in [6, 6.07) is 10.9. The third kappa shape index (κ3) is 4.69. The van der Waals surface area contributed by atoms with E-state index in [4.69, 9.17) is 0 Å². The average molecular weight is 258 g/mol. The summed E-state index contributed by atoms with van der Waals surface area (Å²) in [5.41, 5.74) is 1.96. The van der Waals surface area contributed by atoms with E-state index in [9.17, 15) is 5.26 Å². The van der Waals surface area contributed by atoms with Gasteiger partial charge in [0.2, 0.25) is 0 Å². The molecule has 0 atom stereocenters. The van der Waals surface area contributed by atoms with Crippen molar-refractivity contribution in [1.82, 2.24) is 4.90 Å². The molecule has 0 aliphatic carbocycles. The predicted octanol–water partition coefficient (Wildman–Crippen LogP) is 4.20. The van der Waals surface area contributed by atoms with Crippen molar-refractivity contribution in [3.05, 3.63) is 35.4 Å². The van der Waals surface area contributed by atoms with Crippen LogP contribution in [-0.4, -0.2) is 17.5 Å². The van der Waals surface area contributed by atoms with Gasteiger partial charge in [0.1, 0.15) is 0 Å². The molecule has 0 bridgehead atoms. The first-order chi connectivity index (χ1) is 9.12. The second kappa shape index (κ2) is 7.96. The van der Waals surface area contributed by atoms with Gasteiger partial charge in [-0.3, -0.25) is 4.90 Å². The third-order valence-corrected chi connectivity index (χ3v) is 3.57. The van der Waals surface area contributed by atoms with Crippen LogP contribution in [-0.2, 0) is 6.54 Å². The van der Waals surface area contributed by atoms with Gasteiger partial charge >= 0.3 is 0 Å². The number of hydrogen-bond donors (Lipinski definition) is 0. The highest BCUT2D eigenvalue weighted by Crippen LogP contribution is 2.17. The molecule has 2 nitrogen and oxygen atoms in total. The van der Waals surface area contributed by atoms with Crippen molar-refractivity contribution in [2.45, 2.75) is 53.1 Å². The minimum atomic E-state index is 0.606. The van der Waals surface area contributed by atoms with Crippen LogP contribution in [0.4, 0.5) is 0 Å². The van der Waals surface area contributed by atoms with Gasteiger partial charge in [0, 0.05) is 19.1 Å². The molecule has 0 aliphatic heterocycles. The van der Waals surface area contributed by atoms with Crippen molar-refractivity contribution in [2.75, 3.05) is 6.54 Å². The molecule has 1 aromatic carbocycles. The molecule has 0 spiro atoms. The van der Waals surface area contributed by atoms with Crippen LogP contribution in [0, 0.1) is 17.2 Å². The van der Waals surface area contributed by atoms with Crippen molar-refractivity contribution in [1.29, 1.82) is 5.26 Å². The number of rotatable bonds is 7. The Balaban J connectivity index is 2.90. The van der Waals surface area contributed by atoms with Crippen LogP contribution in [0.15, 0.2) is 24.3 Å². The molecule has 2 heteroatoms. The van der Waals surface area contributed by atoms with Crippen LogP contribution in [0.25, 0.3) is 0 Å². The molecule has 1 aromatic rings. The average Bonchev–Trinajstić information content (AvgIpc) is 2.40. The van der Waals surface area contributed by atoms with Crippen LogP contribution < -0.4 is 0 Å². The van der Waals surface area contributed by atoms with Gasteiger partial charge in [-0.2, -0.15) is 5.26 Å². The zero-order valence-corrected chi connectivity index (χ0v) is 12.7. The van der Waals surface area contributed by atoms with Gasteiger partial charge in [0.25, 0.3) is 0 Å². The fraction of sp³-hybridized carbons (Fsp3) is 0.588. The van der Waals surface area contributed by atoms with E-state index in [0.29, 0.717) is 12.0 Å². The van der Waals surface area contributed by atoms with Crippen LogP contribution in [0.2, 0.25) is 0 Å². The van der Waals surface area contributed by atoms with Crippen LogP contribution in [0.3, 0.4) is 0 Å². The second-order valence-electron chi connectivity index (χ2n) is 5.56. The van der Waals surface area contributed by atoms with Gasteiger partial charge in [0.15, 0.2) is 0 Å². The molecule has 0 unspecified atom stereocenters. The normalized spacial score (nSPS) is 11.3. The summed E-state index contributed by atoms with van der Waals surface area (Å²) in [5, 5.41) is 9.20. The summed E-state index contributed by atoms with van der Waals surface area (Å²) < 4.78 is 0. The Morgan fingerprint density at radius 2 is 1.79 bits per heavy atom. The van der Waals surface area contributed by atoms with Crippen molar-refractivity contribution in [3.63, 3.8) is 0 Å². The second-order valence-corrected chi connectivity index (χ2v) is 5.56. The number of benzene rings is 1. The van der Waals surface area contributed by atoms with E-state index in [1.807, 2.05) is 18.2 Å². The molecule has 0 aromatic heterocycles. The Kier molecular flexibility index (Phi) is 6.59. The predicted molar refractivity (Wildman–Crippen MR) is 80.8 cm³/mol. The highest BCUT2D eigenvalue weighted by Gasteiger charge is 2.17.